The Morgan fingerprint density at radius 1 is 1.21 bits per heavy atom. The van der Waals surface area contributed by atoms with E-state index in [9.17, 15) is 0 Å². The highest BCUT2D eigenvalue weighted by Crippen LogP contribution is 2.21. The van der Waals surface area contributed by atoms with Crippen LogP contribution in [-0.4, -0.2) is 22.1 Å². The summed E-state index contributed by atoms with van der Waals surface area (Å²) >= 11 is 5.82. The summed E-state index contributed by atoms with van der Waals surface area (Å²) in [6, 6.07) is 10.4. The summed E-state index contributed by atoms with van der Waals surface area (Å²) < 4.78 is 4.97. The van der Waals surface area contributed by atoms with Crippen LogP contribution in [0.5, 0.6) is 6.01 Å². The van der Waals surface area contributed by atoms with Crippen molar-refractivity contribution in [2.75, 3.05) is 12.4 Å². The van der Waals surface area contributed by atoms with Crippen molar-refractivity contribution >= 4 is 17.5 Å². The van der Waals surface area contributed by atoms with Crippen molar-refractivity contribution < 1.29 is 4.74 Å². The molecule has 1 aromatic heterocycles. The van der Waals surface area contributed by atoms with Gasteiger partial charge in [-0.05, 0) is 23.6 Å². The van der Waals surface area contributed by atoms with Crippen LogP contribution in [0.1, 0.15) is 24.9 Å². The van der Waals surface area contributed by atoms with Gasteiger partial charge in [0.2, 0.25) is 11.2 Å². The van der Waals surface area contributed by atoms with Crippen LogP contribution in [0.4, 0.5) is 5.95 Å². The minimum Gasteiger partial charge on any atom is -0.467 e. The van der Waals surface area contributed by atoms with E-state index < -0.39 is 0 Å². The molecule has 1 N–H and O–H groups in total. The lowest BCUT2D eigenvalue weighted by molar-refractivity contribution is 0.378. The number of ether oxygens (including phenoxy) is 1. The first-order valence-corrected chi connectivity index (χ1v) is 6.37. The van der Waals surface area contributed by atoms with Gasteiger partial charge in [-0.1, -0.05) is 37.3 Å². The lowest BCUT2D eigenvalue weighted by Crippen LogP contribution is -2.13. The molecule has 6 heteroatoms. The highest BCUT2D eigenvalue weighted by molar-refractivity contribution is 6.28. The molecule has 0 aliphatic heterocycles. The van der Waals surface area contributed by atoms with Gasteiger partial charge in [-0.15, -0.1) is 0 Å². The average molecular weight is 279 g/mol. The quantitative estimate of drug-likeness (QED) is 0.911. The maximum absolute atomic E-state index is 5.82. The van der Waals surface area contributed by atoms with Crippen LogP contribution >= 0.6 is 11.6 Å². The highest BCUT2D eigenvalue weighted by Gasteiger charge is 2.12. The molecule has 1 aromatic carbocycles. The van der Waals surface area contributed by atoms with Gasteiger partial charge >= 0.3 is 6.01 Å². The predicted molar refractivity (Wildman–Crippen MR) is 74.5 cm³/mol. The molecule has 0 fully saturated rings. The molecule has 0 saturated carbocycles. The molecule has 0 radical (unpaired) electrons. The summed E-state index contributed by atoms with van der Waals surface area (Å²) in [5.74, 6) is 0.410. The molecule has 5 nitrogen and oxygen atoms in total. The van der Waals surface area contributed by atoms with Crippen LogP contribution in [0, 0.1) is 0 Å². The van der Waals surface area contributed by atoms with Gasteiger partial charge < -0.3 is 10.1 Å². The van der Waals surface area contributed by atoms with Crippen LogP contribution in [0.2, 0.25) is 5.28 Å². The SMILES string of the molecule is CCC(Nc1nc(Cl)nc(OC)n1)c1ccccc1. The Balaban J connectivity index is 2.21. The number of hydrogen-bond donors (Lipinski definition) is 1. The van der Waals surface area contributed by atoms with E-state index in [0.717, 1.165) is 6.42 Å². The molecule has 1 unspecified atom stereocenters. The Morgan fingerprint density at radius 3 is 2.58 bits per heavy atom. The summed E-state index contributed by atoms with van der Waals surface area (Å²) in [6.45, 7) is 2.09. The van der Waals surface area contributed by atoms with Gasteiger partial charge in [0.25, 0.3) is 0 Å². The largest absolute Gasteiger partial charge is 0.467 e. The number of hydrogen-bond acceptors (Lipinski definition) is 5. The second kappa shape index (κ2) is 6.33. The molecule has 0 amide bonds. The number of benzene rings is 1. The average Bonchev–Trinajstić information content (AvgIpc) is 2.45. The van der Waals surface area contributed by atoms with Crippen LogP contribution in [0.15, 0.2) is 30.3 Å². The van der Waals surface area contributed by atoms with Gasteiger partial charge in [0, 0.05) is 0 Å². The van der Waals surface area contributed by atoms with Crippen LogP contribution in [-0.2, 0) is 0 Å². The van der Waals surface area contributed by atoms with Crippen molar-refractivity contribution in [3.8, 4) is 6.01 Å². The second-order valence-electron chi connectivity index (χ2n) is 3.93. The first-order valence-electron chi connectivity index (χ1n) is 6.00. The van der Waals surface area contributed by atoms with E-state index in [0.29, 0.717) is 5.95 Å². The Hall–Kier alpha value is -1.88. The van der Waals surface area contributed by atoms with Gasteiger partial charge in [0.05, 0.1) is 13.2 Å². The zero-order chi connectivity index (χ0) is 13.7. The number of aromatic nitrogens is 3. The molecular formula is C13H15ClN4O. The third-order valence-corrected chi connectivity index (χ3v) is 2.85. The molecule has 0 spiro atoms. The van der Waals surface area contributed by atoms with E-state index in [1.165, 1.54) is 12.7 Å². The topological polar surface area (TPSA) is 59.9 Å². The fraction of sp³-hybridized carbons (Fsp3) is 0.308. The third kappa shape index (κ3) is 3.54. The van der Waals surface area contributed by atoms with Crippen molar-refractivity contribution in [2.24, 2.45) is 0 Å². The lowest BCUT2D eigenvalue weighted by atomic mass is 10.1. The zero-order valence-corrected chi connectivity index (χ0v) is 11.6. The molecule has 1 atom stereocenters. The Labute approximate surface area is 117 Å². The molecule has 0 aliphatic rings. The molecule has 0 bridgehead atoms. The number of methoxy groups -OCH3 is 1. The Bertz CT molecular complexity index is 535. The van der Waals surface area contributed by atoms with E-state index in [1.807, 2.05) is 18.2 Å². The van der Waals surface area contributed by atoms with Crippen molar-refractivity contribution in [3.63, 3.8) is 0 Å². The predicted octanol–water partition coefficient (Wildman–Crippen LogP) is 3.10. The molecule has 1 heterocycles. The first-order chi connectivity index (χ1) is 9.22. The van der Waals surface area contributed by atoms with Crippen LogP contribution in [0.25, 0.3) is 0 Å². The number of rotatable bonds is 5. The van der Waals surface area contributed by atoms with Gasteiger partial charge in [-0.2, -0.15) is 15.0 Å². The molecule has 19 heavy (non-hydrogen) atoms. The Kier molecular flexibility index (Phi) is 4.52. The maximum atomic E-state index is 5.82. The molecule has 0 aliphatic carbocycles. The third-order valence-electron chi connectivity index (χ3n) is 2.68. The fourth-order valence-electron chi connectivity index (χ4n) is 1.75. The first kappa shape index (κ1) is 13.5. The summed E-state index contributed by atoms with van der Waals surface area (Å²) in [4.78, 5) is 12.0. The Morgan fingerprint density at radius 2 is 1.95 bits per heavy atom. The van der Waals surface area contributed by atoms with E-state index in [1.54, 1.807) is 0 Å². The van der Waals surface area contributed by atoms with Gasteiger partial charge in [0.1, 0.15) is 0 Å². The normalized spacial score (nSPS) is 11.9. The van der Waals surface area contributed by atoms with Crippen molar-refractivity contribution in [1.29, 1.82) is 0 Å². The van der Waals surface area contributed by atoms with Crippen LogP contribution < -0.4 is 10.1 Å². The summed E-state index contributed by atoms with van der Waals surface area (Å²) in [5.41, 5.74) is 1.17. The molecule has 2 rings (SSSR count). The number of halogens is 1. The van der Waals surface area contributed by atoms with Gasteiger partial charge in [-0.25, -0.2) is 0 Å². The van der Waals surface area contributed by atoms with E-state index >= 15 is 0 Å². The summed E-state index contributed by atoms with van der Waals surface area (Å²) in [6.07, 6.45) is 0.898. The number of nitrogens with one attached hydrogen (secondary N) is 1. The zero-order valence-electron chi connectivity index (χ0n) is 10.8. The molecule has 100 valence electrons. The van der Waals surface area contributed by atoms with E-state index in [4.69, 9.17) is 16.3 Å². The van der Waals surface area contributed by atoms with Gasteiger partial charge in [0.15, 0.2) is 0 Å². The molecule has 2 aromatic rings. The maximum Gasteiger partial charge on any atom is 0.322 e. The van der Waals surface area contributed by atoms with Gasteiger partial charge in [-0.3, -0.25) is 0 Å². The minimum absolute atomic E-state index is 0.109. The van der Waals surface area contributed by atoms with E-state index in [-0.39, 0.29) is 17.3 Å². The fourth-order valence-corrected chi connectivity index (χ4v) is 1.90. The molecule has 0 saturated heterocycles. The highest BCUT2D eigenvalue weighted by atomic mass is 35.5. The minimum atomic E-state index is 0.109. The lowest BCUT2D eigenvalue weighted by Gasteiger charge is -2.17. The standard InChI is InChI=1S/C13H15ClN4O/c1-3-10(9-7-5-4-6-8-9)15-12-16-11(14)17-13(18-12)19-2/h4-8,10H,3H2,1-2H3,(H,15,16,17,18). The molecular weight excluding hydrogens is 264 g/mol. The smallest absolute Gasteiger partial charge is 0.322 e. The number of anilines is 1. The summed E-state index contributed by atoms with van der Waals surface area (Å²) in [5, 5.41) is 3.34. The monoisotopic (exact) mass is 278 g/mol. The van der Waals surface area contributed by atoms with Crippen molar-refractivity contribution in [2.45, 2.75) is 19.4 Å². The summed E-state index contributed by atoms with van der Waals surface area (Å²) in [7, 11) is 1.49. The van der Waals surface area contributed by atoms with Crippen molar-refractivity contribution in [1.82, 2.24) is 15.0 Å². The van der Waals surface area contributed by atoms with Crippen molar-refractivity contribution in [3.05, 3.63) is 41.2 Å². The van der Waals surface area contributed by atoms with Crippen LogP contribution in [0.3, 0.4) is 0 Å². The number of nitrogens with zero attached hydrogens (tertiary/aromatic N) is 3. The van der Waals surface area contributed by atoms with E-state index in [2.05, 4.69) is 39.3 Å². The second-order valence-corrected chi connectivity index (χ2v) is 4.27.